The Balaban J connectivity index is 2.36. The molecule has 5 nitrogen and oxygen atoms in total. The van der Waals surface area contributed by atoms with Crippen LogP contribution in [0.25, 0.3) is 6.08 Å². The normalized spacial score (nSPS) is 19.7. The van der Waals surface area contributed by atoms with Crippen LogP contribution >= 0.6 is 12.6 Å². The number of hydrogen-bond acceptors (Lipinski definition) is 6. The van der Waals surface area contributed by atoms with E-state index in [-0.39, 0.29) is 5.69 Å². The molecule has 0 radical (unpaired) electrons. The first-order chi connectivity index (χ1) is 10.7. The molecule has 2 heterocycles. The Hall–Kier alpha value is -1.31. The van der Waals surface area contributed by atoms with Gasteiger partial charge in [0, 0.05) is 17.5 Å². The van der Waals surface area contributed by atoms with Crippen molar-refractivity contribution in [2.24, 2.45) is 0 Å². The number of carbonyl (C=O) groups excluding carboxylic acids is 1. The number of esters is 1. The van der Waals surface area contributed by atoms with Crippen molar-refractivity contribution in [3.05, 3.63) is 35.1 Å². The molecule has 0 atom stereocenters. The largest absolute Gasteiger partial charge is 0.491 e. The van der Waals surface area contributed by atoms with Gasteiger partial charge < -0.3 is 14.0 Å². The fourth-order valence-corrected chi connectivity index (χ4v) is 2.42. The molecule has 2 rings (SSSR count). The van der Waals surface area contributed by atoms with E-state index in [1.807, 2.05) is 33.8 Å². The Morgan fingerprint density at radius 2 is 1.96 bits per heavy atom. The van der Waals surface area contributed by atoms with Gasteiger partial charge in [0.05, 0.1) is 18.3 Å². The summed E-state index contributed by atoms with van der Waals surface area (Å²) < 4.78 is 16.9. The summed E-state index contributed by atoms with van der Waals surface area (Å²) in [6, 6.07) is 3.56. The van der Waals surface area contributed by atoms with Crippen LogP contribution in [0.15, 0.2) is 23.8 Å². The summed E-state index contributed by atoms with van der Waals surface area (Å²) in [6.07, 6.45) is 3.38. The molecule has 0 unspecified atom stereocenters. The molecule has 23 heavy (non-hydrogen) atoms. The number of thiol groups is 1. The molecule has 0 amide bonds. The molecule has 1 aliphatic rings. The van der Waals surface area contributed by atoms with Gasteiger partial charge in [0.25, 0.3) is 0 Å². The van der Waals surface area contributed by atoms with Crippen molar-refractivity contribution in [2.75, 3.05) is 12.9 Å². The predicted molar refractivity (Wildman–Crippen MR) is 93.5 cm³/mol. The molecule has 7 heteroatoms. The molecule has 1 fully saturated rings. The highest BCUT2D eigenvalue weighted by Crippen LogP contribution is 2.39. The zero-order valence-corrected chi connectivity index (χ0v) is 15.0. The van der Waals surface area contributed by atoms with Gasteiger partial charge in [-0.15, -0.1) is 0 Å². The summed E-state index contributed by atoms with van der Waals surface area (Å²) in [4.78, 5) is 15.9. The van der Waals surface area contributed by atoms with E-state index in [1.54, 1.807) is 18.3 Å². The highest BCUT2D eigenvalue weighted by atomic mass is 32.1. The van der Waals surface area contributed by atoms with Gasteiger partial charge in [0.1, 0.15) is 0 Å². The van der Waals surface area contributed by atoms with Crippen LogP contribution in [0.1, 0.15) is 43.7 Å². The minimum atomic E-state index is -0.511. The average molecular weight is 335 g/mol. The van der Waals surface area contributed by atoms with Gasteiger partial charge in [0.2, 0.25) is 0 Å². The lowest BCUT2D eigenvalue weighted by molar-refractivity contribution is 0.00578. The molecule has 124 valence electrons. The number of pyridine rings is 1. The summed E-state index contributed by atoms with van der Waals surface area (Å²) in [5.74, 6) is -0.0453. The standard InChI is InChI=1S/C16H22BNO4S/c1-15(2)16(3,4)22-17(21-15)12(10-23)9-11-7-6-8-18-13(11)14(19)20-5/h6-9,23H,10H2,1-5H3. The van der Waals surface area contributed by atoms with Crippen molar-refractivity contribution < 1.29 is 18.8 Å². The van der Waals surface area contributed by atoms with Crippen molar-refractivity contribution in [3.8, 4) is 0 Å². The Morgan fingerprint density at radius 3 is 2.48 bits per heavy atom. The summed E-state index contributed by atoms with van der Waals surface area (Å²) >= 11 is 4.38. The second kappa shape index (κ2) is 6.67. The van der Waals surface area contributed by atoms with Crippen LogP contribution < -0.4 is 0 Å². The van der Waals surface area contributed by atoms with Crippen molar-refractivity contribution >= 4 is 31.8 Å². The predicted octanol–water partition coefficient (Wildman–Crippen LogP) is 2.81. The third kappa shape index (κ3) is 3.62. The van der Waals surface area contributed by atoms with Crippen molar-refractivity contribution in [1.29, 1.82) is 0 Å². The molecule has 0 N–H and O–H groups in total. The third-order valence-corrected chi connectivity index (χ3v) is 4.66. The van der Waals surface area contributed by atoms with Gasteiger partial charge in [-0.25, -0.2) is 9.78 Å². The number of rotatable bonds is 4. The molecule has 1 aromatic rings. The average Bonchev–Trinajstić information content (AvgIpc) is 2.72. The lowest BCUT2D eigenvalue weighted by Gasteiger charge is -2.32. The fourth-order valence-electron chi connectivity index (χ4n) is 2.18. The molecule has 1 aliphatic heterocycles. The van der Waals surface area contributed by atoms with Crippen LogP contribution in [-0.2, 0) is 14.0 Å². The summed E-state index contributed by atoms with van der Waals surface area (Å²) in [5.41, 5.74) is 0.869. The lowest BCUT2D eigenvalue weighted by atomic mass is 9.78. The van der Waals surface area contributed by atoms with Gasteiger partial charge >= 0.3 is 13.1 Å². The van der Waals surface area contributed by atoms with E-state index in [2.05, 4.69) is 17.6 Å². The molecule has 0 aromatic carbocycles. The van der Waals surface area contributed by atoms with E-state index in [0.717, 1.165) is 5.47 Å². The van der Waals surface area contributed by atoms with Crippen LogP contribution in [0, 0.1) is 0 Å². The minimum absolute atomic E-state index is 0.255. The molecular weight excluding hydrogens is 313 g/mol. The van der Waals surface area contributed by atoms with Gasteiger partial charge in [-0.2, -0.15) is 12.6 Å². The first-order valence-corrected chi connectivity index (χ1v) is 8.05. The van der Waals surface area contributed by atoms with Gasteiger partial charge in [-0.1, -0.05) is 12.1 Å². The molecule has 0 saturated carbocycles. The van der Waals surface area contributed by atoms with Crippen LogP contribution in [0.5, 0.6) is 0 Å². The van der Waals surface area contributed by atoms with Crippen LogP contribution in [0.3, 0.4) is 0 Å². The molecule has 0 aliphatic carbocycles. The Morgan fingerprint density at radius 1 is 1.35 bits per heavy atom. The molecular formula is C16H22BNO4S. The summed E-state index contributed by atoms with van der Waals surface area (Å²) in [7, 11) is 0.821. The first-order valence-electron chi connectivity index (χ1n) is 7.42. The second-order valence-corrected chi connectivity index (χ2v) is 6.71. The third-order valence-electron chi connectivity index (χ3n) is 4.30. The lowest BCUT2D eigenvalue weighted by Crippen LogP contribution is -2.41. The van der Waals surface area contributed by atoms with E-state index in [9.17, 15) is 4.79 Å². The zero-order valence-electron chi connectivity index (χ0n) is 14.1. The number of aromatic nitrogens is 1. The van der Waals surface area contributed by atoms with E-state index < -0.39 is 24.3 Å². The SMILES string of the molecule is COC(=O)c1ncccc1C=C(CS)B1OC(C)(C)C(C)(C)O1. The first kappa shape index (κ1) is 18.0. The maximum Gasteiger partial charge on any atom is 0.491 e. The molecule has 1 saturated heterocycles. The highest BCUT2D eigenvalue weighted by Gasteiger charge is 2.52. The minimum Gasteiger partial charge on any atom is -0.464 e. The summed E-state index contributed by atoms with van der Waals surface area (Å²) in [5, 5.41) is 0. The smallest absolute Gasteiger partial charge is 0.464 e. The number of nitrogens with zero attached hydrogens (tertiary/aromatic N) is 1. The van der Waals surface area contributed by atoms with Crippen LogP contribution in [-0.4, -0.2) is 42.1 Å². The van der Waals surface area contributed by atoms with E-state index >= 15 is 0 Å². The monoisotopic (exact) mass is 335 g/mol. The van der Waals surface area contributed by atoms with Gasteiger partial charge in [-0.05, 0) is 39.2 Å². The van der Waals surface area contributed by atoms with Crippen LogP contribution in [0.4, 0.5) is 0 Å². The zero-order chi connectivity index (χ0) is 17.3. The molecule has 1 aromatic heterocycles. The van der Waals surface area contributed by atoms with Crippen molar-refractivity contribution in [2.45, 2.75) is 38.9 Å². The quantitative estimate of drug-likeness (QED) is 0.521. The van der Waals surface area contributed by atoms with Crippen molar-refractivity contribution in [3.63, 3.8) is 0 Å². The van der Waals surface area contributed by atoms with Gasteiger partial charge in [-0.3, -0.25) is 0 Å². The highest BCUT2D eigenvalue weighted by molar-refractivity contribution is 7.80. The van der Waals surface area contributed by atoms with Crippen molar-refractivity contribution in [1.82, 2.24) is 4.98 Å². The van der Waals surface area contributed by atoms with Crippen LogP contribution in [0.2, 0.25) is 0 Å². The number of hydrogen-bond donors (Lipinski definition) is 1. The van der Waals surface area contributed by atoms with E-state index in [1.165, 1.54) is 7.11 Å². The maximum atomic E-state index is 11.8. The maximum absolute atomic E-state index is 11.8. The van der Waals surface area contributed by atoms with E-state index in [0.29, 0.717) is 11.3 Å². The Labute approximate surface area is 143 Å². The number of carbonyl (C=O) groups is 1. The number of methoxy groups -OCH3 is 1. The summed E-state index contributed by atoms with van der Waals surface area (Å²) in [6.45, 7) is 7.97. The van der Waals surface area contributed by atoms with Gasteiger partial charge in [0.15, 0.2) is 5.69 Å². The number of ether oxygens (including phenoxy) is 1. The topological polar surface area (TPSA) is 57.7 Å². The molecule has 0 bridgehead atoms. The Kier molecular flexibility index (Phi) is 5.23. The Bertz CT molecular complexity index is 614. The van der Waals surface area contributed by atoms with E-state index in [4.69, 9.17) is 14.0 Å². The fraction of sp³-hybridized carbons (Fsp3) is 0.500. The molecule has 0 spiro atoms. The second-order valence-electron chi connectivity index (χ2n) is 6.40.